The molecule has 0 bridgehead atoms. The van der Waals surface area contributed by atoms with Gasteiger partial charge in [0.25, 0.3) is 0 Å². The Morgan fingerprint density at radius 1 is 0.661 bits per heavy atom. The quantitative estimate of drug-likeness (QED) is 0.124. The highest BCUT2D eigenvalue weighted by Gasteiger charge is 2.34. The van der Waals surface area contributed by atoms with Gasteiger partial charge in [0, 0.05) is 46.2 Å². The van der Waals surface area contributed by atoms with E-state index in [0.29, 0.717) is 0 Å². The van der Waals surface area contributed by atoms with Gasteiger partial charge in [-0.3, -0.25) is 0 Å². The predicted octanol–water partition coefficient (Wildman–Crippen LogP) is 12.4. The highest BCUT2D eigenvalue weighted by atomic mass is 14.9. The van der Waals surface area contributed by atoms with Crippen LogP contribution in [0.4, 0.5) is 0 Å². The van der Waals surface area contributed by atoms with Crippen LogP contribution in [0.25, 0.3) is 50.6 Å². The molecular formula is C52H48N4. The minimum Gasteiger partial charge on any atom is -0.385 e. The van der Waals surface area contributed by atoms with E-state index < -0.39 is 5.41 Å². The molecule has 56 heavy (non-hydrogen) atoms. The molecule has 4 heteroatoms. The van der Waals surface area contributed by atoms with Gasteiger partial charge in [0.15, 0.2) is 0 Å². The average molecular weight is 729 g/mol. The summed E-state index contributed by atoms with van der Waals surface area (Å²) in [6, 6.07) is 54.9. The van der Waals surface area contributed by atoms with Crippen molar-refractivity contribution in [3.05, 3.63) is 216 Å². The van der Waals surface area contributed by atoms with Gasteiger partial charge < -0.3 is 15.6 Å². The molecule has 0 saturated heterocycles. The largest absolute Gasteiger partial charge is 0.385 e. The molecule has 2 atom stereocenters. The fraction of sp³-hybridized carbons (Fsp3) is 0.135. The molecule has 2 unspecified atom stereocenters. The predicted molar refractivity (Wildman–Crippen MR) is 235 cm³/mol. The fourth-order valence-corrected chi connectivity index (χ4v) is 7.93. The Balaban J connectivity index is 1.27. The number of aromatic amines is 1. The monoisotopic (exact) mass is 728 g/mol. The molecule has 276 valence electrons. The number of aryl methyl sites for hydroxylation is 1. The molecule has 7 aromatic rings. The number of dihydropyridines is 1. The first-order valence-corrected chi connectivity index (χ1v) is 19.6. The molecule has 0 spiro atoms. The number of nitrogens with one attached hydrogen (secondary N) is 3. The summed E-state index contributed by atoms with van der Waals surface area (Å²) in [7, 11) is 0. The first-order valence-electron chi connectivity index (χ1n) is 19.6. The Hall–Kier alpha value is -6.65. The fourth-order valence-electron chi connectivity index (χ4n) is 7.93. The molecule has 3 heterocycles. The number of hydrogen-bond acceptors (Lipinski definition) is 3. The topological polar surface area (TPSA) is 52.7 Å². The molecule has 0 aliphatic carbocycles. The van der Waals surface area contributed by atoms with E-state index in [1.165, 1.54) is 39.1 Å². The Labute approximate surface area is 331 Å². The van der Waals surface area contributed by atoms with E-state index in [-0.39, 0.29) is 6.04 Å². The summed E-state index contributed by atoms with van der Waals surface area (Å²) >= 11 is 0. The van der Waals surface area contributed by atoms with Crippen LogP contribution in [-0.4, -0.2) is 16.5 Å². The van der Waals surface area contributed by atoms with Crippen molar-refractivity contribution in [3.63, 3.8) is 0 Å². The van der Waals surface area contributed by atoms with Gasteiger partial charge in [-0.2, -0.15) is 0 Å². The summed E-state index contributed by atoms with van der Waals surface area (Å²) in [5.74, 6) is 0. The summed E-state index contributed by atoms with van der Waals surface area (Å²) in [6.07, 6.45) is 10.3. The third kappa shape index (κ3) is 7.26. The minimum absolute atomic E-state index is 0.161. The molecule has 0 amide bonds. The Morgan fingerprint density at radius 2 is 1.36 bits per heavy atom. The van der Waals surface area contributed by atoms with Crippen molar-refractivity contribution in [1.82, 2.24) is 20.6 Å². The maximum Gasteiger partial charge on any atom is 0.0715 e. The summed E-state index contributed by atoms with van der Waals surface area (Å²) in [6.45, 7) is 9.84. The van der Waals surface area contributed by atoms with Gasteiger partial charge in [-0.15, -0.1) is 0 Å². The third-order valence-corrected chi connectivity index (χ3v) is 11.3. The average Bonchev–Trinajstić information content (AvgIpc) is 3.82. The smallest absolute Gasteiger partial charge is 0.0715 e. The third-order valence-electron chi connectivity index (χ3n) is 11.3. The number of hydrogen-bond donors (Lipinski definition) is 3. The molecule has 0 saturated carbocycles. The van der Waals surface area contributed by atoms with Crippen LogP contribution < -0.4 is 10.6 Å². The Bertz CT molecular complexity index is 2520. The molecule has 3 N–H and O–H groups in total. The number of H-pyrrole nitrogens is 1. The highest BCUT2D eigenvalue weighted by Crippen LogP contribution is 2.43. The van der Waals surface area contributed by atoms with Crippen molar-refractivity contribution in [2.45, 2.75) is 39.2 Å². The van der Waals surface area contributed by atoms with Crippen molar-refractivity contribution in [2.24, 2.45) is 0 Å². The Morgan fingerprint density at radius 3 is 2.05 bits per heavy atom. The molecule has 0 radical (unpaired) electrons. The van der Waals surface area contributed by atoms with Crippen molar-refractivity contribution in [1.29, 1.82) is 0 Å². The minimum atomic E-state index is -0.447. The lowest BCUT2D eigenvalue weighted by molar-refractivity contribution is 0.669. The Kier molecular flexibility index (Phi) is 10.4. The summed E-state index contributed by atoms with van der Waals surface area (Å²) in [4.78, 5) is 8.72. The molecule has 4 nitrogen and oxygen atoms in total. The van der Waals surface area contributed by atoms with Crippen LogP contribution in [0.3, 0.4) is 0 Å². The molecule has 1 aliphatic heterocycles. The standard InChI is InChI=1S/C52H48N4/c1-5-53-51(46-20-10-9-15-36(46)2)37(3)52(4,44-17-7-6-8-18-44)45-19-13-16-42(33-45)50-35-43(38-23-25-39(26-24-38)47-21-11-12-31-54-47)34-49(56-50)41-29-27-40(28-30-41)48-22-14-32-55-48/h6-35,47,53-55H,5H2,1-4H3/b51-37-. The van der Waals surface area contributed by atoms with E-state index in [4.69, 9.17) is 4.98 Å². The van der Waals surface area contributed by atoms with Gasteiger partial charge in [-0.1, -0.05) is 133 Å². The van der Waals surface area contributed by atoms with Crippen LogP contribution in [-0.2, 0) is 5.41 Å². The number of pyridine rings is 1. The van der Waals surface area contributed by atoms with Gasteiger partial charge in [-0.25, -0.2) is 4.98 Å². The lowest BCUT2D eigenvalue weighted by atomic mass is 9.69. The SMILES string of the molecule is CCN/C(=C(/C)C(C)(c1ccccc1)c1cccc(-c2cc(-c3ccc(C4C=CC=CN4)cc3)cc(-c3ccc(-c4ccc[nH]4)cc3)n2)c1)c1ccccc1C. The maximum atomic E-state index is 5.39. The number of allylic oxidation sites excluding steroid dienone is 3. The molecule has 8 rings (SSSR count). The zero-order chi connectivity index (χ0) is 38.5. The van der Waals surface area contributed by atoms with Gasteiger partial charge in [0.1, 0.15) is 0 Å². The number of benzene rings is 5. The lowest BCUT2D eigenvalue weighted by Crippen LogP contribution is -2.29. The second-order valence-electron chi connectivity index (χ2n) is 14.7. The second-order valence-corrected chi connectivity index (χ2v) is 14.7. The van der Waals surface area contributed by atoms with Crippen molar-refractivity contribution < 1.29 is 0 Å². The van der Waals surface area contributed by atoms with Gasteiger partial charge in [0.05, 0.1) is 17.4 Å². The zero-order valence-electron chi connectivity index (χ0n) is 32.6. The van der Waals surface area contributed by atoms with Crippen LogP contribution >= 0.6 is 0 Å². The van der Waals surface area contributed by atoms with Gasteiger partial charge in [0.2, 0.25) is 0 Å². The van der Waals surface area contributed by atoms with Crippen molar-refractivity contribution in [2.75, 3.05) is 6.54 Å². The lowest BCUT2D eigenvalue weighted by Gasteiger charge is -2.35. The molecule has 1 aliphatic rings. The van der Waals surface area contributed by atoms with Crippen molar-refractivity contribution in [3.8, 4) is 44.9 Å². The highest BCUT2D eigenvalue weighted by molar-refractivity contribution is 5.79. The first-order chi connectivity index (χ1) is 27.4. The number of nitrogens with zero attached hydrogens (tertiary/aromatic N) is 1. The van der Waals surface area contributed by atoms with Crippen LogP contribution in [0.1, 0.15) is 54.6 Å². The van der Waals surface area contributed by atoms with Gasteiger partial charge >= 0.3 is 0 Å². The van der Waals surface area contributed by atoms with Crippen LogP contribution in [0.5, 0.6) is 0 Å². The molecule has 0 fully saturated rings. The van der Waals surface area contributed by atoms with Crippen LogP contribution in [0.2, 0.25) is 0 Å². The summed E-state index contributed by atoms with van der Waals surface area (Å²) in [5, 5.41) is 7.22. The van der Waals surface area contributed by atoms with Gasteiger partial charge in [-0.05, 0) is 115 Å². The first kappa shape index (κ1) is 36.3. The second kappa shape index (κ2) is 16.0. The number of rotatable bonds is 11. The van der Waals surface area contributed by atoms with E-state index >= 15 is 0 Å². The van der Waals surface area contributed by atoms with E-state index in [2.05, 4.69) is 201 Å². The van der Waals surface area contributed by atoms with E-state index in [9.17, 15) is 0 Å². The summed E-state index contributed by atoms with van der Waals surface area (Å²) < 4.78 is 0. The maximum absolute atomic E-state index is 5.39. The van der Waals surface area contributed by atoms with Crippen LogP contribution in [0, 0.1) is 6.92 Å². The molecule has 2 aromatic heterocycles. The zero-order valence-corrected chi connectivity index (χ0v) is 32.6. The molecular weight excluding hydrogens is 681 g/mol. The van der Waals surface area contributed by atoms with E-state index in [1.54, 1.807) is 0 Å². The number of aromatic nitrogens is 2. The molecule has 5 aromatic carbocycles. The normalized spacial score (nSPS) is 15.1. The van der Waals surface area contributed by atoms with Crippen LogP contribution in [0.15, 0.2) is 188 Å². The van der Waals surface area contributed by atoms with E-state index in [1.807, 2.05) is 24.5 Å². The van der Waals surface area contributed by atoms with E-state index in [0.717, 1.165) is 51.4 Å². The van der Waals surface area contributed by atoms with Crippen molar-refractivity contribution >= 4 is 5.70 Å². The summed E-state index contributed by atoms with van der Waals surface area (Å²) in [5.41, 5.74) is 16.7.